The van der Waals surface area contributed by atoms with E-state index in [1.807, 2.05) is 30.3 Å². The second-order valence-electron chi connectivity index (χ2n) is 4.13. The minimum absolute atomic E-state index is 0.112. The van der Waals surface area contributed by atoms with Gasteiger partial charge in [-0.1, -0.05) is 46.3 Å². The summed E-state index contributed by atoms with van der Waals surface area (Å²) in [6, 6.07) is 9.13. The zero-order valence-corrected chi connectivity index (χ0v) is 11.9. The monoisotopic (exact) mass is 315 g/mol. The lowest BCUT2D eigenvalue weighted by Crippen LogP contribution is -2.46. The van der Waals surface area contributed by atoms with Crippen molar-refractivity contribution in [2.45, 2.75) is 25.6 Å². The molecule has 100 valence electrons. The third-order valence-corrected chi connectivity index (χ3v) is 3.35. The zero-order valence-electron chi connectivity index (χ0n) is 10.3. The summed E-state index contributed by atoms with van der Waals surface area (Å²) in [7, 11) is 0. The summed E-state index contributed by atoms with van der Waals surface area (Å²) in [6.45, 7) is 1.79. The van der Waals surface area contributed by atoms with Gasteiger partial charge in [0.25, 0.3) is 0 Å². The van der Waals surface area contributed by atoms with Crippen LogP contribution in [0.4, 0.5) is 0 Å². The largest absolute Gasteiger partial charge is 0.394 e. The fraction of sp³-hybridized carbons (Fsp3) is 0.462. The number of carbonyl (C=O) groups is 1. The maximum absolute atomic E-state index is 11.9. The lowest BCUT2D eigenvalue weighted by Gasteiger charge is -2.31. The molecule has 0 aliphatic rings. The maximum Gasteiger partial charge on any atom is 0.233 e. The van der Waals surface area contributed by atoms with E-state index in [0.29, 0.717) is 6.54 Å². The Morgan fingerprint density at radius 3 is 2.50 bits per heavy atom. The molecule has 0 saturated carbocycles. The lowest BCUT2D eigenvalue weighted by molar-refractivity contribution is -0.134. The number of aliphatic hydroxyl groups excluding tert-OH is 2. The van der Waals surface area contributed by atoms with Crippen molar-refractivity contribution in [3.05, 3.63) is 35.9 Å². The van der Waals surface area contributed by atoms with E-state index in [-0.39, 0.29) is 17.8 Å². The molecule has 18 heavy (non-hydrogen) atoms. The van der Waals surface area contributed by atoms with Gasteiger partial charge in [0.15, 0.2) is 0 Å². The quantitative estimate of drug-likeness (QED) is 0.774. The SMILES string of the molecule is CC(C(O)CO)N(Cc1ccccc1)C(=O)CBr. The van der Waals surface area contributed by atoms with Crippen LogP contribution in [0.15, 0.2) is 30.3 Å². The van der Waals surface area contributed by atoms with Crippen LogP contribution in [0, 0.1) is 0 Å². The average molecular weight is 316 g/mol. The predicted octanol–water partition coefficient (Wildman–Crippen LogP) is 1.15. The molecule has 2 atom stereocenters. The van der Waals surface area contributed by atoms with Crippen molar-refractivity contribution < 1.29 is 15.0 Å². The van der Waals surface area contributed by atoms with Gasteiger partial charge in [0, 0.05) is 6.54 Å². The summed E-state index contributed by atoms with van der Waals surface area (Å²) < 4.78 is 0. The summed E-state index contributed by atoms with van der Waals surface area (Å²) in [5.74, 6) is -0.112. The van der Waals surface area contributed by atoms with E-state index in [1.165, 1.54) is 0 Å². The molecule has 1 aromatic rings. The molecule has 0 fully saturated rings. The number of amides is 1. The molecule has 5 heteroatoms. The number of hydrogen-bond acceptors (Lipinski definition) is 3. The first-order chi connectivity index (χ1) is 8.60. The van der Waals surface area contributed by atoms with Gasteiger partial charge in [-0.25, -0.2) is 0 Å². The fourth-order valence-corrected chi connectivity index (χ4v) is 2.00. The maximum atomic E-state index is 11.9. The summed E-state index contributed by atoms with van der Waals surface area (Å²) in [6.07, 6.45) is -0.934. The molecule has 0 aliphatic carbocycles. The van der Waals surface area contributed by atoms with Crippen LogP contribution in [-0.4, -0.2) is 45.1 Å². The van der Waals surface area contributed by atoms with Gasteiger partial charge in [-0.05, 0) is 12.5 Å². The Labute approximate surface area is 115 Å². The summed E-state index contributed by atoms with van der Waals surface area (Å²) in [5, 5.41) is 18.8. The van der Waals surface area contributed by atoms with Gasteiger partial charge >= 0.3 is 0 Å². The Balaban J connectivity index is 2.82. The fourth-order valence-electron chi connectivity index (χ4n) is 1.68. The summed E-state index contributed by atoms with van der Waals surface area (Å²) >= 11 is 3.13. The first-order valence-corrected chi connectivity index (χ1v) is 6.90. The molecule has 1 amide bonds. The van der Waals surface area contributed by atoms with Crippen LogP contribution in [0.25, 0.3) is 0 Å². The van der Waals surface area contributed by atoms with Gasteiger partial charge in [-0.2, -0.15) is 0 Å². The number of carbonyl (C=O) groups excluding carboxylic acids is 1. The van der Waals surface area contributed by atoms with Crippen molar-refractivity contribution in [1.82, 2.24) is 4.90 Å². The van der Waals surface area contributed by atoms with Crippen LogP contribution in [-0.2, 0) is 11.3 Å². The van der Waals surface area contributed by atoms with E-state index in [9.17, 15) is 9.90 Å². The van der Waals surface area contributed by atoms with Crippen molar-refractivity contribution in [3.63, 3.8) is 0 Å². The number of halogens is 1. The highest BCUT2D eigenvalue weighted by Crippen LogP contribution is 2.12. The van der Waals surface area contributed by atoms with Crippen LogP contribution in [0.1, 0.15) is 12.5 Å². The lowest BCUT2D eigenvalue weighted by atomic mass is 10.1. The molecular formula is C13H18BrNO3. The summed E-state index contributed by atoms with van der Waals surface area (Å²) in [5.41, 5.74) is 0.990. The van der Waals surface area contributed by atoms with Gasteiger partial charge in [0.05, 0.1) is 24.1 Å². The predicted molar refractivity (Wildman–Crippen MR) is 73.3 cm³/mol. The van der Waals surface area contributed by atoms with Gasteiger partial charge in [-0.3, -0.25) is 4.79 Å². The van der Waals surface area contributed by atoms with Crippen molar-refractivity contribution in [2.24, 2.45) is 0 Å². The number of rotatable bonds is 6. The molecule has 2 unspecified atom stereocenters. The minimum atomic E-state index is -0.934. The van der Waals surface area contributed by atoms with Gasteiger partial charge in [0.2, 0.25) is 5.91 Å². The average Bonchev–Trinajstić information content (AvgIpc) is 2.43. The van der Waals surface area contributed by atoms with Crippen molar-refractivity contribution >= 4 is 21.8 Å². The third kappa shape index (κ3) is 4.08. The van der Waals surface area contributed by atoms with Gasteiger partial charge < -0.3 is 15.1 Å². The minimum Gasteiger partial charge on any atom is -0.394 e. The molecular weight excluding hydrogens is 298 g/mol. The molecule has 0 radical (unpaired) electrons. The number of alkyl halides is 1. The molecule has 0 bridgehead atoms. The standard InChI is InChI=1S/C13H18BrNO3/c1-10(12(17)9-16)15(13(18)7-14)8-11-5-3-2-4-6-11/h2-6,10,12,16-17H,7-9H2,1H3. The number of nitrogens with zero attached hydrogens (tertiary/aromatic N) is 1. The number of benzene rings is 1. The molecule has 4 nitrogen and oxygen atoms in total. The Bertz CT molecular complexity index is 372. The van der Waals surface area contributed by atoms with Gasteiger partial charge in [0.1, 0.15) is 0 Å². The Morgan fingerprint density at radius 2 is 2.00 bits per heavy atom. The van der Waals surface area contributed by atoms with E-state index in [1.54, 1.807) is 11.8 Å². The van der Waals surface area contributed by atoms with E-state index in [4.69, 9.17) is 5.11 Å². The second-order valence-corrected chi connectivity index (χ2v) is 4.69. The number of aliphatic hydroxyl groups is 2. The van der Waals surface area contributed by atoms with E-state index in [2.05, 4.69) is 15.9 Å². The Morgan fingerprint density at radius 1 is 1.39 bits per heavy atom. The molecule has 0 saturated heterocycles. The highest BCUT2D eigenvalue weighted by Gasteiger charge is 2.24. The molecule has 0 aromatic heterocycles. The highest BCUT2D eigenvalue weighted by atomic mass is 79.9. The van der Waals surface area contributed by atoms with Gasteiger partial charge in [-0.15, -0.1) is 0 Å². The Hall–Kier alpha value is -0.910. The zero-order chi connectivity index (χ0) is 13.5. The highest BCUT2D eigenvalue weighted by molar-refractivity contribution is 9.09. The molecule has 2 N–H and O–H groups in total. The van der Waals surface area contributed by atoms with E-state index < -0.39 is 12.1 Å². The smallest absolute Gasteiger partial charge is 0.233 e. The Kier molecular flexibility index (Phi) is 6.32. The topological polar surface area (TPSA) is 60.8 Å². The van der Waals surface area contributed by atoms with Crippen molar-refractivity contribution in [1.29, 1.82) is 0 Å². The molecule has 1 aromatic carbocycles. The van der Waals surface area contributed by atoms with Crippen LogP contribution in [0.2, 0.25) is 0 Å². The summed E-state index contributed by atoms with van der Waals surface area (Å²) in [4.78, 5) is 13.4. The second kappa shape index (κ2) is 7.51. The van der Waals surface area contributed by atoms with E-state index >= 15 is 0 Å². The molecule has 0 aliphatic heterocycles. The van der Waals surface area contributed by atoms with Crippen LogP contribution in [0.3, 0.4) is 0 Å². The van der Waals surface area contributed by atoms with Crippen LogP contribution < -0.4 is 0 Å². The van der Waals surface area contributed by atoms with Crippen LogP contribution >= 0.6 is 15.9 Å². The van der Waals surface area contributed by atoms with E-state index in [0.717, 1.165) is 5.56 Å². The van der Waals surface area contributed by atoms with Crippen molar-refractivity contribution in [2.75, 3.05) is 11.9 Å². The molecule has 0 heterocycles. The first-order valence-electron chi connectivity index (χ1n) is 5.78. The van der Waals surface area contributed by atoms with Crippen LogP contribution in [0.5, 0.6) is 0 Å². The normalized spacial score (nSPS) is 14.0. The number of hydrogen-bond donors (Lipinski definition) is 2. The third-order valence-electron chi connectivity index (χ3n) is 2.87. The molecule has 0 spiro atoms. The first kappa shape index (κ1) is 15.1. The van der Waals surface area contributed by atoms with Crippen molar-refractivity contribution in [3.8, 4) is 0 Å². The molecule has 1 rings (SSSR count).